The van der Waals surface area contributed by atoms with Gasteiger partial charge in [0.15, 0.2) is 11.6 Å². The lowest BCUT2D eigenvalue weighted by molar-refractivity contribution is -0.153. The predicted octanol–water partition coefficient (Wildman–Crippen LogP) is 14.2. The summed E-state index contributed by atoms with van der Waals surface area (Å²) in [5.74, 6) is -4.34. The van der Waals surface area contributed by atoms with Crippen LogP contribution in [-0.4, -0.2) is 153 Å². The molecule has 5 aliphatic carbocycles. The highest BCUT2D eigenvalue weighted by Crippen LogP contribution is 2.57. The lowest BCUT2D eigenvalue weighted by Crippen LogP contribution is -2.21. The molecule has 6 aliphatic rings. The lowest BCUT2D eigenvalue weighted by Gasteiger charge is -2.14. The Kier molecular flexibility index (Phi) is 33.5. The normalized spacial score (nSPS) is 25.7. The number of esters is 5. The average Bonchev–Trinajstić information content (AvgIpc) is 1.64. The standard InChI is InChI=1S/C15H20O3.C14H14Cl2O3.C12H10Cl2O3.C10H12O2.C8H12O4.C8H14O3.C7H15O3P/c1-3-18-14(16)15(2)9-13(15)11-17-10-12-7-5-4-6-8-12;1-3-19-13(18)14(2)7-9(14)12(17)8-4-5-10(15)11(16)6-8;1-12(11(16)17)5-7(12)10(15)6-2-3-8(13)9(14)4-6;1-2-4-9(5-3-1)6-11-7-10-8-12-10;1-3-12-7(11)8(2)4-5(8)6(9)10;1-3-11-7(10)8(2)4-6(8)5-9;1-5-10-7(8)6(2)11(3,4)9/h4-8,13H,3,9-11H2,1-2H3;4-6,9H,3,7H2,1-2H3;2-4,7H,5H2,1H3,(H,16,17);1-5,10H,6-8H2;5H,3-4H2,1-2H3,(H,9,10);6,9H,3-5H2,1-2H3;6H,5H2,1-4H3/t13-,15+;9-,14+;7-,12+;10-;5-,8+;6-,8+;/m111111./s1. The maximum atomic E-state index is 12.3. The monoisotopic (exact) mass is 1490 g/mol. The van der Waals surface area contributed by atoms with E-state index in [4.69, 9.17) is 99.6 Å². The van der Waals surface area contributed by atoms with E-state index in [1.54, 1.807) is 86.9 Å². The van der Waals surface area contributed by atoms with Gasteiger partial charge >= 0.3 is 41.8 Å². The SMILES string of the molecule is CCOC(=O)C(C)P(C)(C)=O.CCOC(=O)[C@@]1(C)C[C@@H]1C(=O)O.CCOC(=O)[C@@]1(C)C[C@@H]1C(=O)c1ccc(Cl)c(Cl)c1.CCOC(=O)[C@@]1(C)C[C@@H]1CO.CCOC(=O)[C@@]1(C)C[C@@H]1COCc1ccccc1.C[C@]1(C(=O)O)C[C@@H]1C(=O)c1ccc(Cl)c(Cl)c1.c1ccc(COC[C@@H]2CO2)cc1. The number of aliphatic hydroxyl groups is 1. The van der Waals surface area contributed by atoms with Gasteiger partial charge in [0.2, 0.25) is 0 Å². The average molecular weight is 1500 g/mol. The first-order valence-corrected chi connectivity index (χ1v) is 37.4. The zero-order valence-electron chi connectivity index (χ0n) is 59.2. The summed E-state index contributed by atoms with van der Waals surface area (Å²) in [7, 11) is -2.32. The summed E-state index contributed by atoms with van der Waals surface area (Å²) < 4.78 is 51.8. The van der Waals surface area contributed by atoms with Crippen LogP contribution in [-0.2, 0) is 89.2 Å². The Morgan fingerprint density at radius 2 is 0.860 bits per heavy atom. The van der Waals surface area contributed by atoms with Gasteiger partial charge in [-0.2, -0.15) is 0 Å². The van der Waals surface area contributed by atoms with Crippen molar-refractivity contribution in [2.75, 3.05) is 72.8 Å². The number of carboxylic acids is 2. The molecule has 0 radical (unpaired) electrons. The van der Waals surface area contributed by atoms with Gasteiger partial charge in [0.1, 0.15) is 11.8 Å². The molecule has 5 saturated carbocycles. The van der Waals surface area contributed by atoms with Crippen molar-refractivity contribution in [3.63, 3.8) is 0 Å². The van der Waals surface area contributed by atoms with Crippen molar-refractivity contribution in [3.8, 4) is 0 Å². The van der Waals surface area contributed by atoms with Gasteiger partial charge in [-0.3, -0.25) is 43.2 Å². The summed E-state index contributed by atoms with van der Waals surface area (Å²) in [6.07, 6.45) is 3.31. The zero-order valence-corrected chi connectivity index (χ0v) is 63.2. The third-order valence-electron chi connectivity index (χ3n) is 18.4. The second kappa shape index (κ2) is 38.9. The summed E-state index contributed by atoms with van der Waals surface area (Å²) in [4.78, 5) is 103. The molecule has 6 fully saturated rings. The number of ether oxygens (including phenoxy) is 8. The number of benzene rings is 4. The highest BCUT2D eigenvalue weighted by atomic mass is 35.5. The maximum Gasteiger partial charge on any atom is 0.316 e. The first-order valence-electron chi connectivity index (χ1n) is 33.2. The number of hydrogen-bond acceptors (Lipinski definition) is 19. The van der Waals surface area contributed by atoms with Crippen LogP contribution >= 0.6 is 53.5 Å². The summed E-state index contributed by atoms with van der Waals surface area (Å²) in [6, 6.07) is 29.6. The Labute approximate surface area is 606 Å². The van der Waals surface area contributed by atoms with Crippen molar-refractivity contribution in [2.45, 2.75) is 133 Å². The van der Waals surface area contributed by atoms with Gasteiger partial charge in [0.25, 0.3) is 0 Å². The minimum atomic E-state index is -2.32. The minimum absolute atomic E-state index is 0.0849. The van der Waals surface area contributed by atoms with E-state index in [2.05, 4.69) is 12.1 Å². The van der Waals surface area contributed by atoms with Gasteiger partial charge in [0, 0.05) is 29.6 Å². The molecule has 12 atom stereocenters. The predicted molar refractivity (Wildman–Crippen MR) is 379 cm³/mol. The smallest absolute Gasteiger partial charge is 0.316 e. The first-order chi connectivity index (χ1) is 46.9. The number of aliphatic carboxylic acids is 2. The fourth-order valence-corrected chi connectivity index (χ4v) is 11.3. The van der Waals surface area contributed by atoms with Crippen LogP contribution in [0.2, 0.25) is 20.1 Å². The van der Waals surface area contributed by atoms with Crippen LogP contribution in [0.3, 0.4) is 0 Å². The second-order valence-corrected chi connectivity index (χ2v) is 31.9. The number of hydrogen-bond donors (Lipinski definition) is 3. The molecule has 0 spiro atoms. The molecule has 1 saturated heterocycles. The van der Waals surface area contributed by atoms with Crippen molar-refractivity contribution in [1.29, 1.82) is 0 Å². The number of carbonyl (C=O) groups excluding carboxylic acids is 7. The molecule has 0 amide bonds. The quantitative estimate of drug-likeness (QED) is 0.0173. The van der Waals surface area contributed by atoms with Crippen LogP contribution in [0.1, 0.15) is 140 Å². The van der Waals surface area contributed by atoms with Crippen molar-refractivity contribution in [1.82, 2.24) is 0 Å². The molecule has 10 rings (SSSR count). The second-order valence-electron chi connectivity index (χ2n) is 26.7. The molecular formula is C74H97Cl4O21P. The maximum absolute atomic E-state index is 12.3. The molecule has 4 aromatic carbocycles. The number of ketones is 2. The molecule has 0 bridgehead atoms. The van der Waals surface area contributed by atoms with E-state index in [-0.39, 0.29) is 64.7 Å². The summed E-state index contributed by atoms with van der Waals surface area (Å²) in [5, 5.41) is 27.7. The van der Waals surface area contributed by atoms with Gasteiger partial charge in [-0.05, 0) is 181 Å². The topological polar surface area (TPSA) is 309 Å². The number of Topliss-reactive ketones (excluding diaryl/α,β-unsaturated/α-hetero) is 2. The number of aliphatic hydroxyl groups excluding tert-OH is 1. The summed E-state index contributed by atoms with van der Waals surface area (Å²) in [5.41, 5.74) is -0.278. The van der Waals surface area contributed by atoms with Gasteiger partial charge in [0.05, 0.1) is 126 Å². The molecule has 4 aromatic rings. The van der Waals surface area contributed by atoms with E-state index in [0.717, 1.165) is 31.6 Å². The molecule has 26 heteroatoms. The van der Waals surface area contributed by atoms with Gasteiger partial charge in [-0.1, -0.05) is 107 Å². The Balaban J connectivity index is 0.000000250. The van der Waals surface area contributed by atoms with E-state index in [9.17, 15) is 47.7 Å². The van der Waals surface area contributed by atoms with Crippen LogP contribution < -0.4 is 0 Å². The Hall–Kier alpha value is -6.26. The number of halogens is 4. The number of carboxylic acid groups (broad SMARTS) is 2. The fourth-order valence-electron chi connectivity index (χ4n) is 10.2. The van der Waals surface area contributed by atoms with E-state index in [1.165, 1.54) is 23.8 Å². The zero-order chi connectivity index (χ0) is 75.1. The van der Waals surface area contributed by atoms with E-state index in [0.29, 0.717) is 115 Å². The van der Waals surface area contributed by atoms with Crippen LogP contribution in [0.5, 0.6) is 0 Å². The third kappa shape index (κ3) is 25.3. The van der Waals surface area contributed by atoms with Gasteiger partial charge in [-0.15, -0.1) is 0 Å². The largest absolute Gasteiger partial charge is 0.481 e. The molecule has 0 aromatic heterocycles. The highest BCUT2D eigenvalue weighted by Gasteiger charge is 2.63. The highest BCUT2D eigenvalue weighted by molar-refractivity contribution is 7.64. The van der Waals surface area contributed by atoms with Crippen LogP contribution in [0.25, 0.3) is 0 Å². The molecule has 21 nitrogen and oxygen atoms in total. The van der Waals surface area contributed by atoms with E-state index < -0.39 is 58.8 Å². The Morgan fingerprint density at radius 1 is 0.500 bits per heavy atom. The number of epoxide rings is 1. The third-order valence-corrected chi connectivity index (χ3v) is 21.9. The lowest BCUT2D eigenvalue weighted by atomic mass is 10.00. The Morgan fingerprint density at radius 3 is 1.20 bits per heavy atom. The van der Waals surface area contributed by atoms with Crippen molar-refractivity contribution >= 4 is 107 Å². The molecule has 1 unspecified atom stereocenters. The van der Waals surface area contributed by atoms with Crippen LogP contribution in [0, 0.1) is 56.7 Å². The van der Waals surface area contributed by atoms with Crippen LogP contribution in [0.15, 0.2) is 97.1 Å². The first kappa shape index (κ1) is 86.1. The molecule has 1 aliphatic heterocycles. The minimum Gasteiger partial charge on any atom is -0.481 e. The van der Waals surface area contributed by atoms with Crippen molar-refractivity contribution in [3.05, 3.63) is 139 Å². The number of rotatable bonds is 26. The molecule has 552 valence electrons. The summed E-state index contributed by atoms with van der Waals surface area (Å²) in [6.45, 7) is 27.9. The fraction of sp³-hybridized carbons (Fsp3) is 0.554. The van der Waals surface area contributed by atoms with Crippen molar-refractivity contribution in [2.24, 2.45) is 56.7 Å². The molecular weight excluding hydrogens is 1400 g/mol. The van der Waals surface area contributed by atoms with Crippen LogP contribution in [0.4, 0.5) is 0 Å². The summed E-state index contributed by atoms with van der Waals surface area (Å²) >= 11 is 23.3. The molecule has 3 N–H and O–H groups in total. The van der Waals surface area contributed by atoms with Gasteiger partial charge < -0.3 is 57.8 Å². The Bertz CT molecular complexity index is 3490. The van der Waals surface area contributed by atoms with Crippen molar-refractivity contribution < 1.29 is 101 Å². The van der Waals surface area contributed by atoms with Gasteiger partial charge in [-0.25, -0.2) is 0 Å². The molecule has 100 heavy (non-hydrogen) atoms. The van der Waals surface area contributed by atoms with E-state index in [1.807, 2.05) is 69.3 Å². The molecule has 1 heterocycles. The number of carbonyl (C=O) groups is 9. The van der Waals surface area contributed by atoms with E-state index >= 15 is 0 Å².